The minimum atomic E-state index is 0.332. The summed E-state index contributed by atoms with van der Waals surface area (Å²) >= 11 is 0. The quantitative estimate of drug-likeness (QED) is 0.433. The van der Waals surface area contributed by atoms with E-state index in [1.165, 1.54) is 0 Å². The summed E-state index contributed by atoms with van der Waals surface area (Å²) in [6, 6.07) is 21.8. The molecule has 0 saturated heterocycles. The molecule has 1 atom stereocenters. The van der Waals surface area contributed by atoms with Gasteiger partial charge in [-0.3, -0.25) is 0 Å². The Balaban J connectivity index is 1.37. The molecule has 5 aromatic rings. The maximum absolute atomic E-state index is 11.0. The van der Waals surface area contributed by atoms with Crippen molar-refractivity contribution in [3.05, 3.63) is 77.9 Å². The number of phenolic OH excluding ortho intramolecular Hbond substituents is 1. The van der Waals surface area contributed by atoms with Crippen LogP contribution in [0.3, 0.4) is 0 Å². The molecule has 0 saturated carbocycles. The number of aromatic hydroxyl groups is 1. The van der Waals surface area contributed by atoms with Gasteiger partial charge in [-0.2, -0.15) is 0 Å². The Morgan fingerprint density at radius 2 is 1.39 bits per heavy atom. The Labute approximate surface area is 179 Å². The molecule has 0 aliphatic heterocycles. The molecule has 7 nitrogen and oxygen atoms in total. The number of aromatic nitrogens is 6. The first-order chi connectivity index (χ1) is 15.2. The average Bonchev–Trinajstić information content (AvgIpc) is 3.40. The van der Waals surface area contributed by atoms with Crippen LogP contribution in [0.15, 0.2) is 66.7 Å². The minimum Gasteiger partial charge on any atom is -0.507 e. The summed E-state index contributed by atoms with van der Waals surface area (Å²) in [4.78, 5) is 0. The second kappa shape index (κ2) is 8.18. The third-order valence-electron chi connectivity index (χ3n) is 5.88. The zero-order valence-corrected chi connectivity index (χ0v) is 17.4. The molecule has 3 aromatic carbocycles. The highest BCUT2D eigenvalue weighted by molar-refractivity contribution is 5.74. The number of hydrogen-bond donors (Lipinski definition) is 1. The molecule has 0 bridgehead atoms. The molecule has 2 aromatic heterocycles. The van der Waals surface area contributed by atoms with Crippen LogP contribution in [0.4, 0.5) is 0 Å². The molecule has 5 rings (SSSR count). The molecule has 0 aliphatic rings. The van der Waals surface area contributed by atoms with Gasteiger partial charge in [0.1, 0.15) is 16.8 Å². The standard InChI is InChI=1S/C24H24N6O/c1-2-17(15-29-22-12-5-3-10-20(22)25-27-29)14-18-8-7-9-19(24(18)31)16-30-23-13-6-4-11-21(23)26-28-30/h3-13,17,31H,2,14-16H2,1H3. The van der Waals surface area contributed by atoms with Gasteiger partial charge in [0.05, 0.1) is 17.6 Å². The Kier molecular flexibility index (Phi) is 5.08. The van der Waals surface area contributed by atoms with Crippen LogP contribution in [0, 0.1) is 5.92 Å². The van der Waals surface area contributed by atoms with E-state index < -0.39 is 0 Å². The van der Waals surface area contributed by atoms with Crippen molar-refractivity contribution in [2.45, 2.75) is 32.9 Å². The number of phenols is 1. The second-order valence-electron chi connectivity index (χ2n) is 7.90. The predicted octanol–water partition coefficient (Wildman–Crippen LogP) is 4.20. The fourth-order valence-corrected chi connectivity index (χ4v) is 4.08. The molecule has 0 amide bonds. The maximum atomic E-state index is 11.0. The van der Waals surface area contributed by atoms with Gasteiger partial charge < -0.3 is 5.11 Å². The van der Waals surface area contributed by atoms with Crippen LogP contribution in [-0.4, -0.2) is 35.1 Å². The first-order valence-electron chi connectivity index (χ1n) is 10.6. The van der Waals surface area contributed by atoms with E-state index in [1.807, 2.05) is 76.1 Å². The van der Waals surface area contributed by atoms with E-state index in [-0.39, 0.29) is 0 Å². The van der Waals surface area contributed by atoms with Gasteiger partial charge in [0.15, 0.2) is 0 Å². The third-order valence-corrected chi connectivity index (χ3v) is 5.88. The summed E-state index contributed by atoms with van der Waals surface area (Å²) in [6.07, 6.45) is 1.74. The van der Waals surface area contributed by atoms with Gasteiger partial charge in [0.25, 0.3) is 0 Å². The Morgan fingerprint density at radius 3 is 2.10 bits per heavy atom. The fourth-order valence-electron chi connectivity index (χ4n) is 4.08. The van der Waals surface area contributed by atoms with Crippen molar-refractivity contribution >= 4 is 22.1 Å². The molecule has 0 radical (unpaired) electrons. The zero-order chi connectivity index (χ0) is 21.2. The Morgan fingerprint density at radius 1 is 0.774 bits per heavy atom. The van der Waals surface area contributed by atoms with Crippen molar-refractivity contribution < 1.29 is 5.11 Å². The SMILES string of the molecule is CCC(Cc1cccc(Cn2nnc3ccccc32)c1O)Cn1nnc2ccccc21. The monoisotopic (exact) mass is 412 g/mol. The molecule has 1 unspecified atom stereocenters. The van der Waals surface area contributed by atoms with Crippen molar-refractivity contribution in [1.82, 2.24) is 30.0 Å². The van der Waals surface area contributed by atoms with Crippen molar-refractivity contribution in [3.8, 4) is 5.75 Å². The molecular weight excluding hydrogens is 388 g/mol. The summed E-state index contributed by atoms with van der Waals surface area (Å²) in [5.41, 5.74) is 5.53. The van der Waals surface area contributed by atoms with E-state index >= 15 is 0 Å². The van der Waals surface area contributed by atoms with Gasteiger partial charge in [-0.1, -0.05) is 66.2 Å². The highest BCUT2D eigenvalue weighted by Gasteiger charge is 2.16. The average molecular weight is 412 g/mol. The van der Waals surface area contributed by atoms with Gasteiger partial charge in [-0.05, 0) is 42.2 Å². The van der Waals surface area contributed by atoms with Crippen molar-refractivity contribution in [1.29, 1.82) is 0 Å². The maximum Gasteiger partial charge on any atom is 0.123 e. The fraction of sp³-hybridized carbons (Fsp3) is 0.250. The first-order valence-corrected chi connectivity index (χ1v) is 10.6. The second-order valence-corrected chi connectivity index (χ2v) is 7.90. The lowest BCUT2D eigenvalue weighted by atomic mass is 9.94. The number of para-hydroxylation sites is 3. The van der Waals surface area contributed by atoms with Crippen molar-refractivity contribution in [2.24, 2.45) is 5.92 Å². The molecule has 1 N–H and O–H groups in total. The van der Waals surface area contributed by atoms with Crippen LogP contribution in [-0.2, 0) is 19.5 Å². The molecule has 0 aliphatic carbocycles. The van der Waals surface area contributed by atoms with Crippen molar-refractivity contribution in [3.63, 3.8) is 0 Å². The molecule has 156 valence electrons. The van der Waals surface area contributed by atoms with Gasteiger partial charge >= 0.3 is 0 Å². The largest absolute Gasteiger partial charge is 0.507 e. The van der Waals surface area contributed by atoms with Gasteiger partial charge in [0, 0.05) is 12.1 Å². The summed E-state index contributed by atoms with van der Waals surface area (Å²) < 4.78 is 3.79. The van der Waals surface area contributed by atoms with Crippen LogP contribution >= 0.6 is 0 Å². The normalized spacial score (nSPS) is 12.5. The summed E-state index contributed by atoms with van der Waals surface area (Å²) in [5.74, 6) is 0.669. The number of fused-ring (bicyclic) bond motifs is 2. The van der Waals surface area contributed by atoms with Crippen molar-refractivity contribution in [2.75, 3.05) is 0 Å². The van der Waals surface area contributed by atoms with Crippen LogP contribution < -0.4 is 0 Å². The van der Waals surface area contributed by atoms with E-state index in [0.29, 0.717) is 18.2 Å². The number of rotatable bonds is 7. The molecular formula is C24H24N6O. The van der Waals surface area contributed by atoms with Gasteiger partial charge in [-0.15, -0.1) is 10.2 Å². The van der Waals surface area contributed by atoms with Crippen LogP contribution in [0.25, 0.3) is 22.1 Å². The lowest BCUT2D eigenvalue weighted by Gasteiger charge is -2.17. The Hall–Kier alpha value is -3.74. The molecule has 2 heterocycles. The highest BCUT2D eigenvalue weighted by Crippen LogP contribution is 2.28. The topological polar surface area (TPSA) is 81.6 Å². The molecule has 7 heteroatoms. The summed E-state index contributed by atoms with van der Waals surface area (Å²) in [7, 11) is 0. The lowest BCUT2D eigenvalue weighted by molar-refractivity contribution is 0.393. The van der Waals surface area contributed by atoms with Crippen LogP contribution in [0.1, 0.15) is 24.5 Å². The number of hydrogen-bond acceptors (Lipinski definition) is 5. The van der Waals surface area contributed by atoms with Gasteiger partial charge in [-0.25, -0.2) is 9.36 Å². The predicted molar refractivity (Wildman–Crippen MR) is 120 cm³/mol. The van der Waals surface area contributed by atoms with Crippen LogP contribution in [0.5, 0.6) is 5.75 Å². The number of benzene rings is 3. The van der Waals surface area contributed by atoms with E-state index in [9.17, 15) is 5.11 Å². The number of nitrogens with zero attached hydrogens (tertiary/aromatic N) is 6. The van der Waals surface area contributed by atoms with E-state index in [1.54, 1.807) is 0 Å². The molecule has 0 fully saturated rings. The molecule has 0 spiro atoms. The molecule has 31 heavy (non-hydrogen) atoms. The smallest absolute Gasteiger partial charge is 0.123 e. The van der Waals surface area contributed by atoms with E-state index in [0.717, 1.165) is 52.6 Å². The van der Waals surface area contributed by atoms with E-state index in [4.69, 9.17) is 0 Å². The third kappa shape index (κ3) is 3.74. The summed E-state index contributed by atoms with van der Waals surface area (Å²) in [6.45, 7) is 3.41. The first kappa shape index (κ1) is 19.2. The zero-order valence-electron chi connectivity index (χ0n) is 17.4. The van der Waals surface area contributed by atoms with E-state index in [2.05, 4.69) is 27.5 Å². The van der Waals surface area contributed by atoms with Crippen LogP contribution in [0.2, 0.25) is 0 Å². The summed E-state index contributed by atoms with van der Waals surface area (Å²) in [5, 5.41) is 28.1. The van der Waals surface area contributed by atoms with Gasteiger partial charge in [0.2, 0.25) is 0 Å². The lowest BCUT2D eigenvalue weighted by Crippen LogP contribution is -2.14. The highest BCUT2D eigenvalue weighted by atomic mass is 16.3. The Bertz CT molecular complexity index is 1340. The minimum absolute atomic E-state index is 0.332.